The highest BCUT2D eigenvalue weighted by molar-refractivity contribution is 7.98. The summed E-state index contributed by atoms with van der Waals surface area (Å²) in [6.07, 6.45) is 0.432. The summed E-state index contributed by atoms with van der Waals surface area (Å²) in [5.74, 6) is 2.01. The van der Waals surface area contributed by atoms with Crippen molar-refractivity contribution < 1.29 is 0 Å². The lowest BCUT2D eigenvalue weighted by Crippen LogP contribution is -2.30. The monoisotopic (exact) mass is 355 g/mol. The van der Waals surface area contributed by atoms with Crippen molar-refractivity contribution in [3.05, 3.63) is 65.2 Å². The van der Waals surface area contributed by atoms with Crippen LogP contribution in [0.15, 0.2) is 48.5 Å². The van der Waals surface area contributed by atoms with Crippen LogP contribution in [0.4, 0.5) is 5.69 Å². The Hall–Kier alpha value is -2.03. The molecule has 0 aliphatic heterocycles. The standard InChI is InChI=1S/C19H21N3S2/c1-15-2-4-17(5-3-15)14-24-13-12-21-19(23)22-18-8-6-16(7-9-18)10-11-20/h2-9H,10,12-14H2,1H3,(H2,21,22,23). The summed E-state index contributed by atoms with van der Waals surface area (Å²) in [6.45, 7) is 2.93. The number of nitriles is 1. The molecule has 0 spiro atoms. The minimum atomic E-state index is 0.432. The van der Waals surface area contributed by atoms with Gasteiger partial charge in [0.15, 0.2) is 5.11 Å². The first-order valence-corrected chi connectivity index (χ1v) is 9.37. The Morgan fingerprint density at radius 3 is 2.42 bits per heavy atom. The highest BCUT2D eigenvalue weighted by atomic mass is 32.2. The lowest BCUT2D eigenvalue weighted by atomic mass is 10.1. The molecular formula is C19H21N3S2. The first-order chi connectivity index (χ1) is 11.7. The zero-order valence-corrected chi connectivity index (χ0v) is 15.3. The molecule has 124 valence electrons. The lowest BCUT2D eigenvalue weighted by Gasteiger charge is -2.10. The topological polar surface area (TPSA) is 47.8 Å². The Labute approximate surface area is 153 Å². The molecule has 0 heterocycles. The molecule has 3 nitrogen and oxygen atoms in total. The average Bonchev–Trinajstić information content (AvgIpc) is 2.58. The molecule has 0 aromatic heterocycles. The summed E-state index contributed by atoms with van der Waals surface area (Å²) >= 11 is 7.18. The maximum atomic E-state index is 8.66. The van der Waals surface area contributed by atoms with E-state index >= 15 is 0 Å². The van der Waals surface area contributed by atoms with Gasteiger partial charge in [-0.25, -0.2) is 0 Å². The van der Waals surface area contributed by atoms with Gasteiger partial charge in [-0.3, -0.25) is 0 Å². The summed E-state index contributed by atoms with van der Waals surface area (Å²) in [5, 5.41) is 15.7. The summed E-state index contributed by atoms with van der Waals surface area (Å²) in [7, 11) is 0. The number of thioether (sulfide) groups is 1. The molecule has 5 heteroatoms. The third-order valence-corrected chi connectivity index (χ3v) is 4.69. The summed E-state index contributed by atoms with van der Waals surface area (Å²) in [4.78, 5) is 0. The normalized spacial score (nSPS) is 10.0. The molecule has 2 rings (SSSR count). The van der Waals surface area contributed by atoms with Crippen molar-refractivity contribution in [2.75, 3.05) is 17.6 Å². The zero-order valence-electron chi connectivity index (χ0n) is 13.7. The van der Waals surface area contributed by atoms with Crippen LogP contribution in [0.5, 0.6) is 0 Å². The Balaban J connectivity index is 1.62. The van der Waals surface area contributed by atoms with Gasteiger partial charge in [0.25, 0.3) is 0 Å². The van der Waals surface area contributed by atoms with Crippen molar-refractivity contribution in [2.45, 2.75) is 19.1 Å². The van der Waals surface area contributed by atoms with Crippen LogP contribution < -0.4 is 10.6 Å². The van der Waals surface area contributed by atoms with Crippen LogP contribution in [-0.4, -0.2) is 17.4 Å². The zero-order chi connectivity index (χ0) is 17.2. The first kappa shape index (κ1) is 18.3. The quantitative estimate of drug-likeness (QED) is 0.573. The van der Waals surface area contributed by atoms with Crippen molar-refractivity contribution in [1.82, 2.24) is 5.32 Å². The highest BCUT2D eigenvalue weighted by Gasteiger charge is 1.99. The van der Waals surface area contributed by atoms with Crippen molar-refractivity contribution >= 4 is 34.8 Å². The molecule has 24 heavy (non-hydrogen) atoms. The third kappa shape index (κ3) is 6.61. The van der Waals surface area contributed by atoms with Gasteiger partial charge < -0.3 is 10.6 Å². The number of anilines is 1. The minimum Gasteiger partial charge on any atom is -0.362 e. The minimum absolute atomic E-state index is 0.432. The van der Waals surface area contributed by atoms with E-state index in [1.54, 1.807) is 0 Å². The van der Waals surface area contributed by atoms with Crippen LogP contribution in [0.3, 0.4) is 0 Å². The van der Waals surface area contributed by atoms with Gasteiger partial charge in [-0.1, -0.05) is 42.0 Å². The second-order valence-electron chi connectivity index (χ2n) is 5.45. The first-order valence-electron chi connectivity index (χ1n) is 7.81. The smallest absolute Gasteiger partial charge is 0.170 e. The fraction of sp³-hybridized carbons (Fsp3) is 0.263. The molecule has 2 N–H and O–H groups in total. The van der Waals surface area contributed by atoms with E-state index in [0.717, 1.165) is 29.3 Å². The summed E-state index contributed by atoms with van der Waals surface area (Å²) in [5.41, 5.74) is 4.59. The number of rotatable bonds is 7. The molecule has 0 saturated heterocycles. The van der Waals surface area contributed by atoms with Crippen molar-refractivity contribution in [2.24, 2.45) is 0 Å². The Morgan fingerprint density at radius 2 is 1.75 bits per heavy atom. The predicted molar refractivity (Wildman–Crippen MR) is 107 cm³/mol. The van der Waals surface area contributed by atoms with Crippen LogP contribution in [0.2, 0.25) is 0 Å². The fourth-order valence-corrected chi connectivity index (χ4v) is 3.12. The second kappa shape index (κ2) is 9.96. The number of hydrogen-bond donors (Lipinski definition) is 2. The highest BCUT2D eigenvalue weighted by Crippen LogP contribution is 2.12. The van der Waals surface area contributed by atoms with E-state index in [4.69, 9.17) is 17.5 Å². The van der Waals surface area contributed by atoms with Gasteiger partial charge >= 0.3 is 0 Å². The number of thiocarbonyl (C=S) groups is 1. The SMILES string of the molecule is Cc1ccc(CSCCNC(=S)Nc2ccc(CC#N)cc2)cc1. The molecule has 0 aliphatic carbocycles. The maximum Gasteiger partial charge on any atom is 0.170 e. The number of nitrogens with zero attached hydrogens (tertiary/aromatic N) is 1. The van der Waals surface area contributed by atoms with Gasteiger partial charge in [-0.15, -0.1) is 0 Å². The maximum absolute atomic E-state index is 8.66. The Morgan fingerprint density at radius 1 is 1.08 bits per heavy atom. The number of nitrogens with one attached hydrogen (secondary N) is 2. The van der Waals surface area contributed by atoms with Crippen molar-refractivity contribution in [1.29, 1.82) is 5.26 Å². The van der Waals surface area contributed by atoms with E-state index in [1.807, 2.05) is 36.0 Å². The molecule has 0 atom stereocenters. The average molecular weight is 356 g/mol. The van der Waals surface area contributed by atoms with Gasteiger partial charge in [0.1, 0.15) is 0 Å². The molecular weight excluding hydrogens is 334 g/mol. The molecule has 0 fully saturated rings. The second-order valence-corrected chi connectivity index (χ2v) is 6.96. The molecule has 0 saturated carbocycles. The molecule has 2 aromatic carbocycles. The van der Waals surface area contributed by atoms with Gasteiger partial charge in [0.2, 0.25) is 0 Å². The largest absolute Gasteiger partial charge is 0.362 e. The molecule has 2 aromatic rings. The van der Waals surface area contributed by atoms with Crippen LogP contribution in [0, 0.1) is 18.3 Å². The number of hydrogen-bond acceptors (Lipinski definition) is 3. The van der Waals surface area contributed by atoms with E-state index in [2.05, 4.69) is 47.9 Å². The van der Waals surface area contributed by atoms with Crippen molar-refractivity contribution in [3.63, 3.8) is 0 Å². The van der Waals surface area contributed by atoms with E-state index in [0.29, 0.717) is 11.5 Å². The van der Waals surface area contributed by atoms with Gasteiger partial charge in [0.05, 0.1) is 12.5 Å². The summed E-state index contributed by atoms with van der Waals surface area (Å²) < 4.78 is 0. The molecule has 0 amide bonds. The van der Waals surface area contributed by atoms with Crippen LogP contribution in [0.1, 0.15) is 16.7 Å². The van der Waals surface area contributed by atoms with E-state index < -0.39 is 0 Å². The number of benzene rings is 2. The Bertz CT molecular complexity index is 688. The van der Waals surface area contributed by atoms with E-state index in [1.165, 1.54) is 11.1 Å². The lowest BCUT2D eigenvalue weighted by molar-refractivity contribution is 0.989. The predicted octanol–water partition coefficient (Wildman–Crippen LogP) is 4.28. The number of aryl methyl sites for hydroxylation is 1. The van der Waals surface area contributed by atoms with Gasteiger partial charge in [-0.05, 0) is 42.4 Å². The third-order valence-electron chi connectivity index (χ3n) is 3.42. The Kier molecular flexibility index (Phi) is 7.60. The molecule has 0 unspecified atom stereocenters. The molecule has 0 radical (unpaired) electrons. The van der Waals surface area contributed by atoms with Crippen LogP contribution in [0.25, 0.3) is 0 Å². The van der Waals surface area contributed by atoms with E-state index in [-0.39, 0.29) is 0 Å². The van der Waals surface area contributed by atoms with E-state index in [9.17, 15) is 0 Å². The fourth-order valence-electron chi connectivity index (χ4n) is 2.08. The van der Waals surface area contributed by atoms with Gasteiger partial charge in [-0.2, -0.15) is 17.0 Å². The van der Waals surface area contributed by atoms with Crippen molar-refractivity contribution in [3.8, 4) is 6.07 Å². The van der Waals surface area contributed by atoms with Crippen LogP contribution in [-0.2, 0) is 12.2 Å². The van der Waals surface area contributed by atoms with Gasteiger partial charge in [0, 0.05) is 23.7 Å². The van der Waals surface area contributed by atoms with Crippen LogP contribution >= 0.6 is 24.0 Å². The molecule has 0 bridgehead atoms. The summed E-state index contributed by atoms with van der Waals surface area (Å²) in [6, 6.07) is 18.5. The molecule has 0 aliphatic rings.